The van der Waals surface area contributed by atoms with Crippen molar-refractivity contribution < 1.29 is 14.3 Å². The number of pyridine rings is 1. The third-order valence-corrected chi connectivity index (χ3v) is 4.52. The SMILES string of the molecule is COc1ccc(NC(=O)Cc2csc(Nc3cc(C)ccn3)n2)cc1OC. The topological polar surface area (TPSA) is 85.4 Å². The average molecular weight is 384 g/mol. The molecule has 0 fully saturated rings. The number of rotatable bonds is 7. The Bertz CT molecular complexity index is 942. The predicted octanol–water partition coefficient (Wildman–Crippen LogP) is 3.79. The smallest absolute Gasteiger partial charge is 0.230 e. The standard InChI is InChI=1S/C19H20N4O3S/c1-12-6-7-20-17(8-12)23-19-22-14(11-27-19)10-18(24)21-13-4-5-15(25-2)16(9-13)26-3/h4-9,11H,10H2,1-3H3,(H,21,24)(H,20,22,23). The molecule has 0 aliphatic carbocycles. The zero-order valence-electron chi connectivity index (χ0n) is 15.3. The van der Waals surface area contributed by atoms with E-state index in [0.29, 0.717) is 28.0 Å². The normalized spacial score (nSPS) is 10.3. The molecule has 1 amide bonds. The molecule has 27 heavy (non-hydrogen) atoms. The summed E-state index contributed by atoms with van der Waals surface area (Å²) in [4.78, 5) is 21.0. The van der Waals surface area contributed by atoms with E-state index >= 15 is 0 Å². The van der Waals surface area contributed by atoms with Gasteiger partial charge in [-0.1, -0.05) is 0 Å². The number of anilines is 3. The van der Waals surface area contributed by atoms with E-state index in [2.05, 4.69) is 20.6 Å². The number of nitrogens with zero attached hydrogens (tertiary/aromatic N) is 2. The Morgan fingerprint density at radius 2 is 1.96 bits per heavy atom. The number of carbonyl (C=O) groups excluding carboxylic acids is 1. The van der Waals surface area contributed by atoms with Crippen LogP contribution in [0.15, 0.2) is 41.9 Å². The number of aryl methyl sites for hydroxylation is 1. The third-order valence-electron chi connectivity index (χ3n) is 3.71. The van der Waals surface area contributed by atoms with Gasteiger partial charge in [-0.15, -0.1) is 11.3 Å². The molecule has 7 nitrogen and oxygen atoms in total. The van der Waals surface area contributed by atoms with Crippen LogP contribution in [0, 0.1) is 6.92 Å². The molecule has 8 heteroatoms. The largest absolute Gasteiger partial charge is 0.493 e. The van der Waals surface area contributed by atoms with Gasteiger partial charge in [-0.25, -0.2) is 9.97 Å². The molecule has 2 heterocycles. The molecule has 0 bridgehead atoms. The van der Waals surface area contributed by atoms with E-state index in [1.54, 1.807) is 38.6 Å². The first-order valence-electron chi connectivity index (χ1n) is 8.23. The van der Waals surface area contributed by atoms with E-state index in [-0.39, 0.29) is 12.3 Å². The molecule has 3 rings (SSSR count). The number of nitrogens with one attached hydrogen (secondary N) is 2. The van der Waals surface area contributed by atoms with Crippen molar-refractivity contribution in [2.24, 2.45) is 0 Å². The summed E-state index contributed by atoms with van der Waals surface area (Å²) < 4.78 is 10.4. The van der Waals surface area contributed by atoms with Crippen LogP contribution in [0.3, 0.4) is 0 Å². The van der Waals surface area contributed by atoms with Crippen molar-refractivity contribution in [3.05, 3.63) is 53.2 Å². The van der Waals surface area contributed by atoms with Gasteiger partial charge in [-0.2, -0.15) is 0 Å². The molecule has 1 aromatic carbocycles. The van der Waals surface area contributed by atoms with Gasteiger partial charge < -0.3 is 20.1 Å². The van der Waals surface area contributed by atoms with Crippen molar-refractivity contribution in [2.75, 3.05) is 24.9 Å². The molecular formula is C19H20N4O3S. The molecule has 0 saturated heterocycles. The highest BCUT2D eigenvalue weighted by molar-refractivity contribution is 7.13. The lowest BCUT2D eigenvalue weighted by Crippen LogP contribution is -2.14. The Kier molecular flexibility index (Phi) is 5.87. The number of amides is 1. The van der Waals surface area contributed by atoms with E-state index in [1.807, 2.05) is 24.4 Å². The maximum Gasteiger partial charge on any atom is 0.230 e. The predicted molar refractivity (Wildman–Crippen MR) is 106 cm³/mol. The molecule has 0 spiro atoms. The molecule has 140 valence electrons. The molecule has 0 atom stereocenters. The van der Waals surface area contributed by atoms with Crippen LogP contribution in [-0.2, 0) is 11.2 Å². The quantitative estimate of drug-likeness (QED) is 0.645. The number of methoxy groups -OCH3 is 2. The molecule has 0 aliphatic heterocycles. The Hall–Kier alpha value is -3.13. The number of ether oxygens (including phenoxy) is 2. The van der Waals surface area contributed by atoms with Crippen molar-refractivity contribution in [2.45, 2.75) is 13.3 Å². The lowest BCUT2D eigenvalue weighted by atomic mass is 10.2. The van der Waals surface area contributed by atoms with Crippen molar-refractivity contribution in [3.8, 4) is 11.5 Å². The minimum absolute atomic E-state index is 0.159. The summed E-state index contributed by atoms with van der Waals surface area (Å²) in [5.41, 5.74) is 2.43. The van der Waals surface area contributed by atoms with Crippen molar-refractivity contribution in [1.29, 1.82) is 0 Å². The number of thiazole rings is 1. The Balaban J connectivity index is 1.61. The summed E-state index contributed by atoms with van der Waals surface area (Å²) in [5, 5.41) is 8.54. The fourth-order valence-electron chi connectivity index (χ4n) is 2.44. The second-order valence-electron chi connectivity index (χ2n) is 5.78. The van der Waals surface area contributed by atoms with E-state index in [9.17, 15) is 4.79 Å². The summed E-state index contributed by atoms with van der Waals surface area (Å²) in [5.74, 6) is 1.73. The van der Waals surface area contributed by atoms with E-state index < -0.39 is 0 Å². The fourth-order valence-corrected chi connectivity index (χ4v) is 3.16. The zero-order chi connectivity index (χ0) is 19.2. The van der Waals surface area contributed by atoms with Gasteiger partial charge >= 0.3 is 0 Å². The van der Waals surface area contributed by atoms with Crippen LogP contribution in [0.1, 0.15) is 11.3 Å². The summed E-state index contributed by atoms with van der Waals surface area (Å²) in [7, 11) is 3.12. The molecule has 0 saturated carbocycles. The Morgan fingerprint density at radius 1 is 1.15 bits per heavy atom. The highest BCUT2D eigenvalue weighted by Gasteiger charge is 2.11. The first-order chi connectivity index (χ1) is 13.1. The van der Waals surface area contributed by atoms with E-state index in [0.717, 1.165) is 11.4 Å². The van der Waals surface area contributed by atoms with Gasteiger partial charge in [0.2, 0.25) is 5.91 Å². The monoisotopic (exact) mass is 384 g/mol. The van der Waals surface area contributed by atoms with Crippen molar-refractivity contribution in [1.82, 2.24) is 9.97 Å². The lowest BCUT2D eigenvalue weighted by Gasteiger charge is -2.10. The van der Waals surface area contributed by atoms with Gasteiger partial charge in [-0.05, 0) is 36.8 Å². The molecule has 2 N–H and O–H groups in total. The summed E-state index contributed by atoms with van der Waals surface area (Å²) >= 11 is 1.43. The molecule has 0 radical (unpaired) electrons. The van der Waals surface area contributed by atoms with Gasteiger partial charge in [0.05, 0.1) is 26.3 Å². The van der Waals surface area contributed by atoms with Crippen LogP contribution in [0.5, 0.6) is 11.5 Å². The molecule has 0 unspecified atom stereocenters. The van der Waals surface area contributed by atoms with Crippen LogP contribution < -0.4 is 20.1 Å². The molecular weight excluding hydrogens is 364 g/mol. The fraction of sp³-hybridized carbons (Fsp3) is 0.211. The lowest BCUT2D eigenvalue weighted by molar-refractivity contribution is -0.115. The van der Waals surface area contributed by atoms with Gasteiger partial charge in [0, 0.05) is 23.3 Å². The summed E-state index contributed by atoms with van der Waals surface area (Å²) in [6, 6.07) is 9.08. The van der Waals surface area contributed by atoms with Gasteiger partial charge in [0.25, 0.3) is 0 Å². The maximum absolute atomic E-state index is 12.3. The molecule has 0 aliphatic rings. The Labute approximate surface area is 161 Å². The third kappa shape index (κ3) is 4.95. The number of hydrogen-bond acceptors (Lipinski definition) is 7. The highest BCUT2D eigenvalue weighted by atomic mass is 32.1. The van der Waals surface area contributed by atoms with Crippen LogP contribution in [0.25, 0.3) is 0 Å². The first kappa shape index (κ1) is 18.7. The Morgan fingerprint density at radius 3 is 2.70 bits per heavy atom. The first-order valence-corrected chi connectivity index (χ1v) is 9.11. The number of carbonyl (C=O) groups is 1. The summed E-state index contributed by atoms with van der Waals surface area (Å²) in [6.45, 7) is 2.00. The number of hydrogen-bond donors (Lipinski definition) is 2. The van der Waals surface area contributed by atoms with Gasteiger partial charge in [0.15, 0.2) is 16.6 Å². The second kappa shape index (κ2) is 8.50. The molecule has 2 aromatic heterocycles. The van der Waals surface area contributed by atoms with Crippen molar-refractivity contribution in [3.63, 3.8) is 0 Å². The maximum atomic E-state index is 12.3. The molecule has 3 aromatic rings. The number of benzene rings is 1. The van der Waals surface area contributed by atoms with Crippen LogP contribution in [-0.4, -0.2) is 30.1 Å². The average Bonchev–Trinajstić information content (AvgIpc) is 3.08. The van der Waals surface area contributed by atoms with Crippen molar-refractivity contribution >= 4 is 33.9 Å². The van der Waals surface area contributed by atoms with E-state index in [1.165, 1.54) is 11.3 Å². The van der Waals surface area contributed by atoms with E-state index in [4.69, 9.17) is 9.47 Å². The van der Waals surface area contributed by atoms with Crippen LogP contribution in [0.4, 0.5) is 16.6 Å². The zero-order valence-corrected chi connectivity index (χ0v) is 16.1. The van der Waals surface area contributed by atoms with Crippen LogP contribution >= 0.6 is 11.3 Å². The van der Waals surface area contributed by atoms with Gasteiger partial charge in [-0.3, -0.25) is 4.79 Å². The minimum atomic E-state index is -0.159. The van der Waals surface area contributed by atoms with Crippen LogP contribution in [0.2, 0.25) is 0 Å². The second-order valence-corrected chi connectivity index (χ2v) is 6.64. The van der Waals surface area contributed by atoms with Gasteiger partial charge in [0.1, 0.15) is 5.82 Å². The number of aromatic nitrogens is 2. The summed E-state index contributed by atoms with van der Waals surface area (Å²) in [6.07, 6.45) is 1.91. The highest BCUT2D eigenvalue weighted by Crippen LogP contribution is 2.29. The minimum Gasteiger partial charge on any atom is -0.493 e.